The van der Waals surface area contributed by atoms with Crippen molar-refractivity contribution < 1.29 is 23.8 Å². The maximum atomic E-state index is 11.2. The highest BCUT2D eigenvalue weighted by molar-refractivity contribution is 5.79. The van der Waals surface area contributed by atoms with Crippen molar-refractivity contribution in [3.63, 3.8) is 0 Å². The fourth-order valence-corrected chi connectivity index (χ4v) is 1.57. The van der Waals surface area contributed by atoms with Crippen LogP contribution in [0, 0.1) is 11.8 Å². The second kappa shape index (κ2) is 7.85. The molecule has 0 spiro atoms. The van der Waals surface area contributed by atoms with Crippen molar-refractivity contribution in [3.05, 3.63) is 23.3 Å². The maximum Gasteiger partial charge on any atom is 0.317 e. The Balaban J connectivity index is 3.07. The van der Waals surface area contributed by atoms with Gasteiger partial charge in [0.25, 0.3) is 0 Å². The Kier molecular flexibility index (Phi) is 6.11. The molecule has 0 saturated heterocycles. The third kappa shape index (κ3) is 4.02. The summed E-state index contributed by atoms with van der Waals surface area (Å²) in [6, 6.07) is 3.13. The van der Waals surface area contributed by atoms with Crippen LogP contribution in [0.2, 0.25) is 0 Å². The molecule has 5 heteroatoms. The van der Waals surface area contributed by atoms with Crippen molar-refractivity contribution in [1.82, 2.24) is 0 Å². The number of rotatable bonds is 5. The van der Waals surface area contributed by atoms with Gasteiger partial charge in [-0.2, -0.15) is 0 Å². The van der Waals surface area contributed by atoms with Gasteiger partial charge in [-0.3, -0.25) is 9.59 Å². The summed E-state index contributed by atoms with van der Waals surface area (Å²) in [6.07, 6.45) is 0.670. The first-order valence-corrected chi connectivity index (χ1v) is 6.01. The highest BCUT2D eigenvalue weighted by atomic mass is 16.5. The standard InChI is InChI=1S/C15H16O5/c1-4-20-14(17)7-5-6-12-8-11(10-16)9-13(18-2)15(12)19-3/h8-10H,4,7H2,1-3H3. The van der Waals surface area contributed by atoms with E-state index in [2.05, 4.69) is 11.8 Å². The van der Waals surface area contributed by atoms with Crippen LogP contribution in [-0.4, -0.2) is 33.1 Å². The molecule has 0 fully saturated rings. The summed E-state index contributed by atoms with van der Waals surface area (Å²) < 4.78 is 15.1. The topological polar surface area (TPSA) is 61.8 Å². The fourth-order valence-electron chi connectivity index (χ4n) is 1.57. The Labute approximate surface area is 117 Å². The van der Waals surface area contributed by atoms with E-state index in [4.69, 9.17) is 14.2 Å². The molecule has 5 nitrogen and oxygen atoms in total. The quantitative estimate of drug-likeness (QED) is 0.466. The molecule has 0 N–H and O–H groups in total. The lowest BCUT2D eigenvalue weighted by Crippen LogP contribution is -2.01. The van der Waals surface area contributed by atoms with E-state index >= 15 is 0 Å². The van der Waals surface area contributed by atoms with E-state index in [1.165, 1.54) is 14.2 Å². The first-order valence-electron chi connectivity index (χ1n) is 6.01. The lowest BCUT2D eigenvalue weighted by molar-refractivity contribution is -0.141. The molecular formula is C15H16O5. The maximum absolute atomic E-state index is 11.2. The molecule has 0 bridgehead atoms. The largest absolute Gasteiger partial charge is 0.493 e. The fraction of sp³-hybridized carbons (Fsp3) is 0.333. The number of aldehydes is 1. The van der Waals surface area contributed by atoms with Crippen LogP contribution in [0.15, 0.2) is 12.1 Å². The molecule has 0 saturated carbocycles. The summed E-state index contributed by atoms with van der Waals surface area (Å²) >= 11 is 0. The monoisotopic (exact) mass is 276 g/mol. The van der Waals surface area contributed by atoms with Gasteiger partial charge >= 0.3 is 5.97 Å². The van der Waals surface area contributed by atoms with Crippen molar-refractivity contribution >= 4 is 12.3 Å². The summed E-state index contributed by atoms with van der Waals surface area (Å²) in [5, 5.41) is 0. The summed E-state index contributed by atoms with van der Waals surface area (Å²) in [4.78, 5) is 22.1. The smallest absolute Gasteiger partial charge is 0.317 e. The molecule has 0 atom stereocenters. The van der Waals surface area contributed by atoms with Crippen molar-refractivity contribution in [2.24, 2.45) is 0 Å². The molecule has 0 aliphatic carbocycles. The molecule has 0 aliphatic heterocycles. The predicted octanol–water partition coefficient (Wildman–Crippen LogP) is 1.82. The third-order valence-electron chi connectivity index (χ3n) is 2.40. The zero-order valence-electron chi connectivity index (χ0n) is 11.7. The molecule has 0 heterocycles. The highest BCUT2D eigenvalue weighted by Crippen LogP contribution is 2.31. The molecule has 0 radical (unpaired) electrons. The SMILES string of the molecule is CCOC(=O)CC#Cc1cc(C=O)cc(OC)c1OC. The number of hydrogen-bond acceptors (Lipinski definition) is 5. The number of carbonyl (C=O) groups excluding carboxylic acids is 2. The third-order valence-corrected chi connectivity index (χ3v) is 2.40. The molecule has 20 heavy (non-hydrogen) atoms. The molecule has 0 aromatic heterocycles. The van der Waals surface area contributed by atoms with Crippen LogP contribution >= 0.6 is 0 Å². The van der Waals surface area contributed by atoms with E-state index in [-0.39, 0.29) is 6.42 Å². The van der Waals surface area contributed by atoms with E-state index in [9.17, 15) is 9.59 Å². The van der Waals surface area contributed by atoms with Crippen LogP contribution in [0.3, 0.4) is 0 Å². The number of methoxy groups -OCH3 is 2. The first-order chi connectivity index (χ1) is 9.65. The normalized spacial score (nSPS) is 9.15. The van der Waals surface area contributed by atoms with Crippen molar-refractivity contribution in [2.45, 2.75) is 13.3 Å². The minimum Gasteiger partial charge on any atom is -0.493 e. The number of carbonyl (C=O) groups is 2. The van der Waals surface area contributed by atoms with Gasteiger partial charge in [0.15, 0.2) is 11.5 Å². The Morgan fingerprint density at radius 1 is 1.30 bits per heavy atom. The van der Waals surface area contributed by atoms with Gasteiger partial charge in [-0.1, -0.05) is 11.8 Å². The second-order valence-corrected chi connectivity index (χ2v) is 3.71. The number of benzene rings is 1. The molecule has 1 aromatic carbocycles. The van der Waals surface area contributed by atoms with Gasteiger partial charge in [-0.25, -0.2) is 0 Å². The highest BCUT2D eigenvalue weighted by Gasteiger charge is 2.10. The Hall–Kier alpha value is -2.48. The van der Waals surface area contributed by atoms with Gasteiger partial charge in [0, 0.05) is 5.56 Å². The number of esters is 1. The van der Waals surface area contributed by atoms with E-state index in [0.717, 1.165) is 0 Å². The van der Waals surface area contributed by atoms with Crippen LogP contribution in [-0.2, 0) is 9.53 Å². The average Bonchev–Trinajstić information content (AvgIpc) is 2.46. The van der Waals surface area contributed by atoms with Gasteiger partial charge in [0.1, 0.15) is 12.7 Å². The molecule has 106 valence electrons. The van der Waals surface area contributed by atoms with Gasteiger partial charge in [-0.05, 0) is 19.1 Å². The second-order valence-electron chi connectivity index (χ2n) is 3.71. The molecule has 0 amide bonds. The Bertz CT molecular complexity index is 551. The van der Waals surface area contributed by atoms with Crippen LogP contribution < -0.4 is 9.47 Å². The minimum atomic E-state index is -0.391. The van der Waals surface area contributed by atoms with Gasteiger partial charge < -0.3 is 14.2 Å². The Morgan fingerprint density at radius 3 is 2.60 bits per heavy atom. The summed E-state index contributed by atoms with van der Waals surface area (Å²) in [5.74, 6) is 5.92. The first kappa shape index (κ1) is 15.6. The van der Waals surface area contributed by atoms with E-state index < -0.39 is 5.97 Å². The van der Waals surface area contributed by atoms with Crippen molar-refractivity contribution in [3.8, 4) is 23.3 Å². The lowest BCUT2D eigenvalue weighted by Gasteiger charge is -2.10. The summed E-state index contributed by atoms with van der Waals surface area (Å²) in [6.45, 7) is 2.05. The zero-order valence-corrected chi connectivity index (χ0v) is 11.7. The molecule has 0 aliphatic rings. The van der Waals surface area contributed by atoms with Crippen LogP contribution in [0.5, 0.6) is 11.5 Å². The molecule has 0 unspecified atom stereocenters. The van der Waals surface area contributed by atoms with Gasteiger partial charge in [-0.15, -0.1) is 0 Å². The van der Waals surface area contributed by atoms with Crippen molar-refractivity contribution in [1.29, 1.82) is 0 Å². The lowest BCUT2D eigenvalue weighted by atomic mass is 10.1. The van der Waals surface area contributed by atoms with E-state index in [1.54, 1.807) is 19.1 Å². The number of hydrogen-bond donors (Lipinski definition) is 0. The number of ether oxygens (including phenoxy) is 3. The summed E-state index contributed by atoms with van der Waals surface area (Å²) in [5.41, 5.74) is 0.904. The van der Waals surface area contributed by atoms with Gasteiger partial charge in [0.05, 0.1) is 26.4 Å². The van der Waals surface area contributed by atoms with Crippen LogP contribution in [0.1, 0.15) is 29.3 Å². The van der Waals surface area contributed by atoms with Crippen molar-refractivity contribution in [2.75, 3.05) is 20.8 Å². The van der Waals surface area contributed by atoms with E-state index in [0.29, 0.717) is 35.5 Å². The van der Waals surface area contributed by atoms with Crippen LogP contribution in [0.25, 0.3) is 0 Å². The predicted molar refractivity (Wildman–Crippen MR) is 73.1 cm³/mol. The molecule has 1 rings (SSSR count). The average molecular weight is 276 g/mol. The minimum absolute atomic E-state index is 0.0232. The Morgan fingerprint density at radius 2 is 2.05 bits per heavy atom. The van der Waals surface area contributed by atoms with Crippen LogP contribution in [0.4, 0.5) is 0 Å². The molecule has 1 aromatic rings. The van der Waals surface area contributed by atoms with E-state index in [1.807, 2.05) is 0 Å². The molecular weight excluding hydrogens is 260 g/mol. The zero-order chi connectivity index (χ0) is 15.0. The van der Waals surface area contributed by atoms with Gasteiger partial charge in [0.2, 0.25) is 0 Å². The summed E-state index contributed by atoms with van der Waals surface area (Å²) in [7, 11) is 2.96.